The number of esters is 1. The molecule has 0 radical (unpaired) electrons. The largest absolute Gasteiger partial charge is 0.469 e. The van der Waals surface area contributed by atoms with Gasteiger partial charge in [0, 0.05) is 34.9 Å². The molecule has 2 aliphatic heterocycles. The van der Waals surface area contributed by atoms with Crippen molar-refractivity contribution in [3.8, 4) is 26.6 Å². The summed E-state index contributed by atoms with van der Waals surface area (Å²) >= 11 is 3.24. The van der Waals surface area contributed by atoms with Crippen molar-refractivity contribution in [1.29, 1.82) is 0 Å². The number of carbonyl (C=O) groups is 4. The topological polar surface area (TPSA) is 181 Å². The molecule has 3 aliphatic rings. The number of likely N-dealkylation sites (tertiary alicyclic amines) is 1. The first kappa shape index (κ1) is 47.7. The molecule has 1 aliphatic carbocycles. The summed E-state index contributed by atoms with van der Waals surface area (Å²) in [6.07, 6.45) is -0.0750. The van der Waals surface area contributed by atoms with E-state index in [4.69, 9.17) is 9.73 Å². The molecule has 3 aromatic carbocycles. The van der Waals surface area contributed by atoms with Crippen molar-refractivity contribution in [2.75, 3.05) is 13.7 Å². The molecule has 14 nitrogen and oxygen atoms in total. The Labute approximate surface area is 410 Å². The molecule has 69 heavy (non-hydrogen) atoms. The van der Waals surface area contributed by atoms with E-state index in [9.17, 15) is 24.3 Å². The van der Waals surface area contributed by atoms with E-state index in [-0.39, 0.29) is 61.0 Å². The first-order chi connectivity index (χ1) is 32.9. The van der Waals surface area contributed by atoms with E-state index < -0.39 is 29.6 Å². The fraction of sp³-hybridized carbons (Fsp3) is 0.396. The van der Waals surface area contributed by atoms with Crippen molar-refractivity contribution in [3.63, 3.8) is 0 Å². The Bertz CT molecular complexity index is 2970. The van der Waals surface area contributed by atoms with Gasteiger partial charge in [0.2, 0.25) is 17.7 Å². The number of fused-ring (bicyclic) bond motifs is 3. The summed E-state index contributed by atoms with van der Waals surface area (Å²) in [7, 11) is 1.37. The Hall–Kier alpha value is -6.36. The van der Waals surface area contributed by atoms with Crippen LogP contribution in [0.5, 0.6) is 0 Å². The van der Waals surface area contributed by atoms with Crippen LogP contribution in [0.25, 0.3) is 26.6 Å². The number of nitrogens with one attached hydrogen (secondary N) is 2. The highest BCUT2D eigenvalue weighted by Gasteiger charge is 2.49. The maximum atomic E-state index is 14.4. The van der Waals surface area contributed by atoms with Gasteiger partial charge in [0.05, 0.1) is 47.5 Å². The summed E-state index contributed by atoms with van der Waals surface area (Å²) in [6.45, 7) is 15.7. The van der Waals surface area contributed by atoms with Crippen molar-refractivity contribution >= 4 is 52.1 Å². The molecular formula is C53H58N8O6S2. The van der Waals surface area contributed by atoms with Crippen molar-refractivity contribution in [2.24, 2.45) is 16.3 Å². The van der Waals surface area contributed by atoms with Crippen LogP contribution >= 0.6 is 22.7 Å². The van der Waals surface area contributed by atoms with Gasteiger partial charge in [-0.05, 0) is 85.8 Å². The number of hydrogen-bond donors (Lipinski definition) is 3. The van der Waals surface area contributed by atoms with Crippen LogP contribution in [0.1, 0.15) is 115 Å². The van der Waals surface area contributed by atoms with Crippen LogP contribution in [-0.2, 0) is 23.9 Å². The Morgan fingerprint density at radius 1 is 0.855 bits per heavy atom. The number of aliphatic imine (C=N–C) groups is 1. The number of β-amino-alcohol motifs (C(OH)–C–C–N with tert-alkyl or cyclic N) is 1. The van der Waals surface area contributed by atoms with E-state index in [1.807, 2.05) is 75.9 Å². The minimum atomic E-state index is -0.914. The normalized spacial score (nSPS) is 20.5. The van der Waals surface area contributed by atoms with Gasteiger partial charge in [-0.2, -0.15) is 0 Å². The Balaban J connectivity index is 0.854. The molecule has 6 aromatic rings. The summed E-state index contributed by atoms with van der Waals surface area (Å²) < 4.78 is 7.06. The van der Waals surface area contributed by atoms with Gasteiger partial charge in [-0.3, -0.25) is 28.7 Å². The van der Waals surface area contributed by atoms with Crippen LogP contribution in [0.3, 0.4) is 0 Å². The molecule has 0 bridgehead atoms. The molecule has 3 amide bonds. The molecule has 3 aromatic heterocycles. The fourth-order valence-electron chi connectivity index (χ4n) is 9.63. The van der Waals surface area contributed by atoms with E-state index in [0.717, 1.165) is 76.5 Å². The zero-order valence-electron chi connectivity index (χ0n) is 40.4. The van der Waals surface area contributed by atoms with Crippen LogP contribution < -0.4 is 10.6 Å². The Morgan fingerprint density at radius 3 is 2.14 bits per heavy atom. The van der Waals surface area contributed by atoms with Gasteiger partial charge in [-0.15, -0.1) is 32.9 Å². The lowest BCUT2D eigenvalue weighted by molar-refractivity contribution is -0.144. The maximum Gasteiger partial charge on any atom is 0.308 e. The first-order valence-electron chi connectivity index (χ1n) is 23.4. The van der Waals surface area contributed by atoms with Gasteiger partial charge >= 0.3 is 5.97 Å². The number of hydrogen-bond acceptors (Lipinski definition) is 12. The van der Waals surface area contributed by atoms with Gasteiger partial charge in [0.1, 0.15) is 29.0 Å². The predicted octanol–water partition coefficient (Wildman–Crippen LogP) is 8.28. The van der Waals surface area contributed by atoms with Gasteiger partial charge in [-0.1, -0.05) is 93.6 Å². The average Bonchev–Trinajstić information content (AvgIpc) is 3.48. The molecule has 1 saturated heterocycles. The van der Waals surface area contributed by atoms with Crippen molar-refractivity contribution in [1.82, 2.24) is 35.3 Å². The lowest BCUT2D eigenvalue weighted by atomic mass is 9.85. The lowest BCUT2D eigenvalue weighted by Gasteiger charge is -2.35. The monoisotopic (exact) mass is 966 g/mol. The number of carbonyl (C=O) groups excluding carboxylic acids is 4. The third-order valence-corrected chi connectivity index (χ3v) is 16.0. The molecule has 16 heteroatoms. The number of aliphatic hydroxyl groups excluding tert-OH is 1. The third-order valence-electron chi connectivity index (χ3n) is 13.8. The number of aryl methyl sites for hydroxylation is 3. The third kappa shape index (κ3) is 9.41. The number of rotatable bonds is 12. The zero-order valence-corrected chi connectivity index (χ0v) is 42.0. The number of aliphatic hydroxyl groups is 1. The molecular weight excluding hydrogens is 909 g/mol. The van der Waals surface area contributed by atoms with Gasteiger partial charge < -0.3 is 25.4 Å². The highest BCUT2D eigenvalue weighted by molar-refractivity contribution is 7.15. The molecule has 3 N–H and O–H groups in total. The van der Waals surface area contributed by atoms with Gasteiger partial charge in [0.25, 0.3) is 0 Å². The van der Waals surface area contributed by atoms with Crippen molar-refractivity contribution in [2.45, 2.75) is 111 Å². The van der Waals surface area contributed by atoms with Gasteiger partial charge in [-0.25, -0.2) is 4.98 Å². The van der Waals surface area contributed by atoms with E-state index in [1.165, 1.54) is 12.0 Å². The van der Waals surface area contributed by atoms with E-state index in [1.54, 1.807) is 22.7 Å². The van der Waals surface area contributed by atoms with Crippen LogP contribution in [0.15, 0.2) is 83.3 Å². The number of thiophene rings is 1. The number of ether oxygens (including phenoxy) is 1. The first-order valence-corrected chi connectivity index (χ1v) is 25.1. The second-order valence-corrected chi connectivity index (χ2v) is 21.7. The number of amides is 3. The SMILES string of the molecule is COC(=O)C[C@@H]1N=C(c2ccc(-c3ccc([C@H]4C[C@H]4C(=O)NC(C(=O)N4C[C@H](O)C[C@H]4C(=O)N[C@@H](C)c4ccc(-c5scnc5C)cc4)C(C)(C)C)cc3)cc2)c2c(sc(C)c2C)-n2c(C)nnc21. The van der Waals surface area contributed by atoms with E-state index >= 15 is 0 Å². The molecule has 2 fully saturated rings. The van der Waals surface area contributed by atoms with Crippen LogP contribution in [-0.4, -0.2) is 91.0 Å². The van der Waals surface area contributed by atoms with Crippen molar-refractivity contribution in [3.05, 3.63) is 128 Å². The Kier molecular flexibility index (Phi) is 13.0. The van der Waals surface area contributed by atoms with Crippen LogP contribution in [0, 0.1) is 39.0 Å². The predicted molar refractivity (Wildman–Crippen MR) is 268 cm³/mol. The zero-order chi connectivity index (χ0) is 49.1. The van der Waals surface area contributed by atoms with Crippen LogP contribution in [0.4, 0.5) is 0 Å². The molecule has 5 heterocycles. The molecule has 9 rings (SSSR count). The number of nitrogens with zero attached hydrogens (tertiary/aromatic N) is 6. The molecule has 358 valence electrons. The highest BCUT2D eigenvalue weighted by atomic mass is 32.1. The smallest absolute Gasteiger partial charge is 0.308 e. The fourth-order valence-corrected chi connectivity index (χ4v) is 11.7. The summed E-state index contributed by atoms with van der Waals surface area (Å²) in [5, 5.41) is 26.7. The maximum absolute atomic E-state index is 14.4. The summed E-state index contributed by atoms with van der Waals surface area (Å²) in [5.74, 6) is -0.295. The minimum absolute atomic E-state index is 0.00274. The van der Waals surface area contributed by atoms with E-state index in [2.05, 4.69) is 88.2 Å². The van der Waals surface area contributed by atoms with Crippen LogP contribution in [0.2, 0.25) is 0 Å². The standard InChI is InChI=1S/C53H58N8O6S2/c1-27-30(4)69-52-44(27)45(56-41(24-43(63)67-9)48-59-58-31(5)61(48)52)36-18-14-34(15-19-36)33-12-16-35(17-13-33)39-23-40(39)49(64)57-47(53(6,7)8)51(66)60-25-38(62)22-42(60)50(65)55-28(2)32-10-20-37(21-11-32)46-29(3)54-26-68-46/h10-21,26,28,38-42,47,62H,22-25H2,1-9H3,(H,55,65)(H,57,64)/t28-,38+,39+,40+,41-,42-,47?/m0/s1. The van der Waals surface area contributed by atoms with Crippen molar-refractivity contribution < 1.29 is 29.0 Å². The number of benzene rings is 3. The Morgan fingerprint density at radius 2 is 1.51 bits per heavy atom. The summed E-state index contributed by atoms with van der Waals surface area (Å²) in [4.78, 5) is 68.0. The second kappa shape index (κ2) is 18.9. The van der Waals surface area contributed by atoms with Gasteiger partial charge in [0.15, 0.2) is 5.82 Å². The molecule has 0 spiro atoms. The van der Waals surface area contributed by atoms with E-state index in [0.29, 0.717) is 12.2 Å². The molecule has 1 unspecified atom stereocenters. The molecule has 1 saturated carbocycles. The summed E-state index contributed by atoms with van der Waals surface area (Å²) in [5.41, 5.74) is 11.0. The number of methoxy groups -OCH3 is 1. The quantitative estimate of drug-likeness (QED) is 0.102. The highest BCUT2D eigenvalue weighted by Crippen LogP contribution is 2.48. The molecule has 7 atom stereocenters. The second-order valence-electron chi connectivity index (χ2n) is 19.6. The lowest BCUT2D eigenvalue weighted by Crippen LogP contribution is -2.58. The summed E-state index contributed by atoms with van der Waals surface area (Å²) in [6, 6.07) is 21.8. The number of aromatic nitrogens is 4. The number of thiazole rings is 1. The minimum Gasteiger partial charge on any atom is -0.469 e. The average molecular weight is 967 g/mol.